The van der Waals surface area contributed by atoms with Gasteiger partial charge in [0.1, 0.15) is 0 Å². The lowest BCUT2D eigenvalue weighted by molar-refractivity contribution is 0.429. The van der Waals surface area contributed by atoms with Gasteiger partial charge in [0.25, 0.3) is 0 Å². The highest BCUT2D eigenvalue weighted by atomic mass is 15.3. The molecule has 4 heteroatoms. The number of hydrazone groups is 1. The summed E-state index contributed by atoms with van der Waals surface area (Å²) in [6.07, 6.45) is 5.01. The minimum Gasteiger partial charge on any atom is -0.368 e. The fraction of sp³-hybridized carbons (Fsp3) is 0.857. The van der Waals surface area contributed by atoms with Crippen molar-refractivity contribution < 1.29 is 0 Å². The Bertz CT molecular complexity index is 135. The van der Waals surface area contributed by atoms with E-state index < -0.39 is 0 Å². The van der Waals surface area contributed by atoms with Crippen molar-refractivity contribution in [3.8, 4) is 0 Å². The smallest absolute Gasteiger partial charge is 0.213 e. The molecule has 1 heterocycles. The second kappa shape index (κ2) is 4.05. The van der Waals surface area contributed by atoms with Crippen LogP contribution in [0.3, 0.4) is 0 Å². The molecule has 0 amide bonds. The van der Waals surface area contributed by atoms with Gasteiger partial charge in [0, 0.05) is 13.1 Å². The summed E-state index contributed by atoms with van der Waals surface area (Å²) >= 11 is 0. The minimum absolute atomic E-state index is 0.479. The first-order valence-corrected chi connectivity index (χ1v) is 4.13. The van der Waals surface area contributed by atoms with Gasteiger partial charge in [0.15, 0.2) is 0 Å². The molecule has 0 aromatic carbocycles. The van der Waals surface area contributed by atoms with E-state index in [0.717, 1.165) is 13.1 Å². The Morgan fingerprint density at radius 2 is 1.64 bits per heavy atom. The number of hydrogen-bond acceptors (Lipinski definition) is 2. The molecule has 0 bridgehead atoms. The third-order valence-corrected chi connectivity index (χ3v) is 2.06. The predicted octanol–water partition coefficient (Wildman–Crippen LogP) is 0.0508. The molecular weight excluding hydrogens is 140 g/mol. The SMILES string of the molecule is N/N=C(\N)N1CCCCCC1. The zero-order chi connectivity index (χ0) is 8.10. The topological polar surface area (TPSA) is 67.6 Å². The highest BCUT2D eigenvalue weighted by Gasteiger charge is 2.09. The molecule has 0 radical (unpaired) electrons. The molecule has 4 N–H and O–H groups in total. The van der Waals surface area contributed by atoms with E-state index in [0.29, 0.717) is 5.96 Å². The third kappa shape index (κ3) is 2.29. The number of nitrogens with two attached hydrogens (primary N) is 2. The molecular formula is C7H16N4. The lowest BCUT2D eigenvalue weighted by Gasteiger charge is -2.19. The van der Waals surface area contributed by atoms with Crippen LogP contribution in [0.25, 0.3) is 0 Å². The van der Waals surface area contributed by atoms with Gasteiger partial charge in [-0.1, -0.05) is 12.8 Å². The van der Waals surface area contributed by atoms with Crippen LogP contribution in [0.15, 0.2) is 5.10 Å². The zero-order valence-electron chi connectivity index (χ0n) is 6.79. The van der Waals surface area contributed by atoms with Crippen LogP contribution < -0.4 is 11.6 Å². The number of likely N-dealkylation sites (tertiary alicyclic amines) is 1. The lowest BCUT2D eigenvalue weighted by Crippen LogP contribution is -2.38. The molecule has 11 heavy (non-hydrogen) atoms. The van der Waals surface area contributed by atoms with Gasteiger partial charge in [-0.2, -0.15) is 0 Å². The summed E-state index contributed by atoms with van der Waals surface area (Å²) in [5, 5.41) is 3.47. The second-order valence-electron chi connectivity index (χ2n) is 2.89. The third-order valence-electron chi connectivity index (χ3n) is 2.06. The summed E-state index contributed by atoms with van der Waals surface area (Å²) in [7, 11) is 0. The number of guanidine groups is 1. The van der Waals surface area contributed by atoms with E-state index in [1.807, 2.05) is 4.90 Å². The van der Waals surface area contributed by atoms with E-state index in [1.165, 1.54) is 25.7 Å². The van der Waals surface area contributed by atoms with Crippen LogP contribution in [0.5, 0.6) is 0 Å². The first kappa shape index (κ1) is 8.17. The van der Waals surface area contributed by atoms with E-state index in [-0.39, 0.29) is 0 Å². The summed E-state index contributed by atoms with van der Waals surface area (Å²) in [5.41, 5.74) is 5.57. The number of rotatable bonds is 0. The van der Waals surface area contributed by atoms with Crippen molar-refractivity contribution in [3.05, 3.63) is 0 Å². The highest BCUT2D eigenvalue weighted by Crippen LogP contribution is 2.08. The molecule has 1 fully saturated rings. The van der Waals surface area contributed by atoms with Crippen molar-refractivity contribution in [1.29, 1.82) is 0 Å². The van der Waals surface area contributed by atoms with Crippen LogP contribution in [0.2, 0.25) is 0 Å². The molecule has 0 saturated carbocycles. The maximum absolute atomic E-state index is 5.57. The average molecular weight is 156 g/mol. The van der Waals surface area contributed by atoms with Crippen LogP contribution in [0, 0.1) is 0 Å². The summed E-state index contributed by atoms with van der Waals surface area (Å²) in [6, 6.07) is 0. The van der Waals surface area contributed by atoms with Gasteiger partial charge >= 0.3 is 0 Å². The Kier molecular flexibility index (Phi) is 3.01. The molecule has 0 aromatic heterocycles. The van der Waals surface area contributed by atoms with E-state index in [4.69, 9.17) is 11.6 Å². The van der Waals surface area contributed by atoms with Crippen molar-refractivity contribution >= 4 is 5.96 Å². The molecule has 1 aliphatic heterocycles. The van der Waals surface area contributed by atoms with Gasteiger partial charge in [0.2, 0.25) is 5.96 Å². The normalized spacial score (nSPS) is 21.5. The van der Waals surface area contributed by atoms with E-state index in [9.17, 15) is 0 Å². The van der Waals surface area contributed by atoms with Gasteiger partial charge < -0.3 is 16.5 Å². The van der Waals surface area contributed by atoms with Gasteiger partial charge in [0.05, 0.1) is 0 Å². The molecule has 0 aliphatic carbocycles. The van der Waals surface area contributed by atoms with Crippen molar-refractivity contribution in [2.45, 2.75) is 25.7 Å². The van der Waals surface area contributed by atoms with Crippen LogP contribution in [-0.2, 0) is 0 Å². The van der Waals surface area contributed by atoms with Crippen LogP contribution in [-0.4, -0.2) is 23.9 Å². The van der Waals surface area contributed by atoms with Crippen LogP contribution in [0.1, 0.15) is 25.7 Å². The maximum Gasteiger partial charge on any atom is 0.213 e. The Morgan fingerprint density at radius 3 is 2.09 bits per heavy atom. The molecule has 1 saturated heterocycles. The van der Waals surface area contributed by atoms with Crippen molar-refractivity contribution in [2.75, 3.05) is 13.1 Å². The minimum atomic E-state index is 0.479. The molecule has 64 valence electrons. The Morgan fingerprint density at radius 1 is 1.09 bits per heavy atom. The molecule has 0 unspecified atom stereocenters. The fourth-order valence-electron chi connectivity index (χ4n) is 1.38. The van der Waals surface area contributed by atoms with Crippen LogP contribution in [0.4, 0.5) is 0 Å². The molecule has 0 spiro atoms. The Hall–Kier alpha value is -0.930. The number of nitrogens with zero attached hydrogens (tertiary/aromatic N) is 2. The van der Waals surface area contributed by atoms with E-state index in [2.05, 4.69) is 5.10 Å². The monoisotopic (exact) mass is 156 g/mol. The Labute approximate surface area is 67.2 Å². The summed E-state index contributed by atoms with van der Waals surface area (Å²) < 4.78 is 0. The van der Waals surface area contributed by atoms with Crippen molar-refractivity contribution in [3.63, 3.8) is 0 Å². The maximum atomic E-state index is 5.57. The molecule has 1 aliphatic rings. The molecule has 0 aromatic rings. The zero-order valence-corrected chi connectivity index (χ0v) is 6.79. The van der Waals surface area contributed by atoms with Crippen molar-refractivity contribution in [2.24, 2.45) is 16.7 Å². The Balaban J connectivity index is 2.42. The quantitative estimate of drug-likeness (QED) is 0.225. The van der Waals surface area contributed by atoms with E-state index >= 15 is 0 Å². The van der Waals surface area contributed by atoms with E-state index in [1.54, 1.807) is 0 Å². The summed E-state index contributed by atoms with van der Waals surface area (Å²) in [4.78, 5) is 2.05. The first-order valence-electron chi connectivity index (χ1n) is 4.13. The standard InChI is InChI=1S/C7H16N4/c8-7(10-9)11-5-3-1-2-4-6-11/h1-6,9H2,(H2,8,10). The van der Waals surface area contributed by atoms with Crippen molar-refractivity contribution in [1.82, 2.24) is 4.90 Å². The lowest BCUT2D eigenvalue weighted by atomic mass is 10.2. The van der Waals surface area contributed by atoms with Gasteiger partial charge in [-0.15, -0.1) is 5.10 Å². The molecule has 4 nitrogen and oxygen atoms in total. The van der Waals surface area contributed by atoms with Crippen LogP contribution >= 0.6 is 0 Å². The van der Waals surface area contributed by atoms with Gasteiger partial charge in [-0.05, 0) is 12.8 Å². The number of hydrogen-bond donors (Lipinski definition) is 2. The fourth-order valence-corrected chi connectivity index (χ4v) is 1.38. The summed E-state index contributed by atoms with van der Waals surface area (Å²) in [5.74, 6) is 5.55. The summed E-state index contributed by atoms with van der Waals surface area (Å²) in [6.45, 7) is 2.01. The first-order chi connectivity index (χ1) is 5.34. The molecule has 0 atom stereocenters. The second-order valence-corrected chi connectivity index (χ2v) is 2.89. The predicted molar refractivity (Wildman–Crippen MR) is 45.9 cm³/mol. The van der Waals surface area contributed by atoms with Gasteiger partial charge in [-0.3, -0.25) is 0 Å². The average Bonchev–Trinajstić information content (AvgIpc) is 2.30. The molecule has 1 rings (SSSR count). The highest BCUT2D eigenvalue weighted by molar-refractivity contribution is 5.77. The van der Waals surface area contributed by atoms with Gasteiger partial charge in [-0.25, -0.2) is 0 Å². The largest absolute Gasteiger partial charge is 0.368 e.